The summed E-state index contributed by atoms with van der Waals surface area (Å²) in [6.07, 6.45) is 2.94. The number of hydrogen-bond acceptors (Lipinski definition) is 3. The first-order valence-electron chi connectivity index (χ1n) is 7.73. The van der Waals surface area contributed by atoms with Gasteiger partial charge in [0, 0.05) is 55.9 Å². The number of carbonyl (C=O) groups is 1. The van der Waals surface area contributed by atoms with Crippen molar-refractivity contribution in [1.82, 2.24) is 10.2 Å². The fraction of sp³-hybridized carbons (Fsp3) is 0.562. The Balaban J connectivity index is 1.40. The third kappa shape index (κ3) is 4.35. The Labute approximate surface area is 131 Å². The second kappa shape index (κ2) is 6.67. The molecule has 114 valence electrons. The summed E-state index contributed by atoms with van der Waals surface area (Å²) in [5, 5.41) is 3.82. The van der Waals surface area contributed by atoms with Crippen molar-refractivity contribution in [1.29, 1.82) is 0 Å². The lowest BCUT2D eigenvalue weighted by molar-refractivity contribution is -0.121. The van der Waals surface area contributed by atoms with Gasteiger partial charge in [-0.3, -0.25) is 9.69 Å². The summed E-state index contributed by atoms with van der Waals surface area (Å²) in [6, 6.07) is 8.48. The van der Waals surface area contributed by atoms with Crippen LogP contribution in [-0.4, -0.2) is 49.6 Å². The topological polar surface area (TPSA) is 35.6 Å². The minimum atomic E-state index is 0.206. The number of rotatable bonds is 5. The van der Waals surface area contributed by atoms with Crippen molar-refractivity contribution in [2.75, 3.05) is 37.6 Å². The number of piperazine rings is 1. The van der Waals surface area contributed by atoms with Gasteiger partial charge in [-0.05, 0) is 37.1 Å². The standard InChI is InChI=1S/C16H22ClN3O/c17-13-1-5-15(6-2-13)20-11-9-19(10-12-20)8-7-16(21)18-14-3-4-14/h1-2,5-6,14H,3-4,7-12H2,(H,18,21). The fourth-order valence-electron chi connectivity index (χ4n) is 2.67. The van der Waals surface area contributed by atoms with Crippen LogP contribution in [0.25, 0.3) is 0 Å². The second-order valence-electron chi connectivity index (χ2n) is 5.90. The first kappa shape index (κ1) is 14.7. The predicted octanol–water partition coefficient (Wildman–Crippen LogP) is 2.13. The molecule has 1 N–H and O–H groups in total. The van der Waals surface area contributed by atoms with Gasteiger partial charge in [0.2, 0.25) is 5.91 Å². The average molecular weight is 308 g/mol. The first-order chi connectivity index (χ1) is 10.2. The highest BCUT2D eigenvalue weighted by Crippen LogP contribution is 2.20. The van der Waals surface area contributed by atoms with E-state index >= 15 is 0 Å². The van der Waals surface area contributed by atoms with Gasteiger partial charge in [0.1, 0.15) is 0 Å². The van der Waals surface area contributed by atoms with E-state index in [1.807, 2.05) is 12.1 Å². The third-order valence-electron chi connectivity index (χ3n) is 4.16. The fourth-order valence-corrected chi connectivity index (χ4v) is 2.79. The largest absolute Gasteiger partial charge is 0.369 e. The molecular weight excluding hydrogens is 286 g/mol. The summed E-state index contributed by atoms with van der Waals surface area (Å²) in [7, 11) is 0. The summed E-state index contributed by atoms with van der Waals surface area (Å²) >= 11 is 5.92. The number of nitrogens with zero attached hydrogens (tertiary/aromatic N) is 2. The van der Waals surface area contributed by atoms with Gasteiger partial charge in [-0.1, -0.05) is 11.6 Å². The molecule has 1 aliphatic carbocycles. The van der Waals surface area contributed by atoms with Crippen molar-refractivity contribution < 1.29 is 4.79 Å². The molecule has 5 heteroatoms. The zero-order valence-electron chi connectivity index (χ0n) is 12.2. The molecule has 1 saturated heterocycles. The Kier molecular flexibility index (Phi) is 4.66. The van der Waals surface area contributed by atoms with E-state index < -0.39 is 0 Å². The highest BCUT2D eigenvalue weighted by atomic mass is 35.5. The molecule has 2 aliphatic rings. The maximum Gasteiger partial charge on any atom is 0.221 e. The molecule has 21 heavy (non-hydrogen) atoms. The molecule has 0 radical (unpaired) electrons. The highest BCUT2D eigenvalue weighted by molar-refractivity contribution is 6.30. The average Bonchev–Trinajstić information content (AvgIpc) is 3.30. The van der Waals surface area contributed by atoms with Crippen molar-refractivity contribution in [3.63, 3.8) is 0 Å². The molecule has 0 unspecified atom stereocenters. The van der Waals surface area contributed by atoms with Gasteiger partial charge >= 0.3 is 0 Å². The lowest BCUT2D eigenvalue weighted by atomic mass is 10.2. The molecule has 0 bridgehead atoms. The van der Waals surface area contributed by atoms with Crippen molar-refractivity contribution in [3.05, 3.63) is 29.3 Å². The maximum absolute atomic E-state index is 11.7. The number of halogens is 1. The van der Waals surface area contributed by atoms with Gasteiger partial charge in [0.25, 0.3) is 0 Å². The van der Waals surface area contributed by atoms with E-state index in [4.69, 9.17) is 11.6 Å². The lowest BCUT2D eigenvalue weighted by Crippen LogP contribution is -2.47. The number of hydrogen-bond donors (Lipinski definition) is 1. The Morgan fingerprint density at radius 2 is 1.81 bits per heavy atom. The number of carbonyl (C=O) groups excluding carboxylic acids is 1. The van der Waals surface area contributed by atoms with Crippen molar-refractivity contribution in [2.45, 2.75) is 25.3 Å². The van der Waals surface area contributed by atoms with E-state index in [9.17, 15) is 4.79 Å². The summed E-state index contributed by atoms with van der Waals surface area (Å²) in [5.74, 6) is 0.206. The molecule has 1 saturated carbocycles. The van der Waals surface area contributed by atoms with Gasteiger partial charge in [0.15, 0.2) is 0 Å². The third-order valence-corrected chi connectivity index (χ3v) is 4.41. The van der Waals surface area contributed by atoms with Crippen LogP contribution >= 0.6 is 11.6 Å². The Morgan fingerprint density at radius 1 is 1.14 bits per heavy atom. The van der Waals surface area contributed by atoms with E-state index in [2.05, 4.69) is 27.2 Å². The SMILES string of the molecule is O=C(CCN1CCN(c2ccc(Cl)cc2)CC1)NC1CC1. The lowest BCUT2D eigenvalue weighted by Gasteiger charge is -2.36. The highest BCUT2D eigenvalue weighted by Gasteiger charge is 2.23. The molecule has 3 rings (SSSR count). The van der Waals surface area contributed by atoms with Crippen molar-refractivity contribution >= 4 is 23.2 Å². The molecule has 1 aromatic rings. The molecule has 1 heterocycles. The van der Waals surface area contributed by atoms with Gasteiger partial charge < -0.3 is 10.2 Å². The molecule has 1 aliphatic heterocycles. The summed E-state index contributed by atoms with van der Waals surface area (Å²) < 4.78 is 0. The quantitative estimate of drug-likeness (QED) is 0.905. The van der Waals surface area contributed by atoms with E-state index in [0.717, 1.165) is 50.6 Å². The summed E-state index contributed by atoms with van der Waals surface area (Å²) in [4.78, 5) is 16.4. The second-order valence-corrected chi connectivity index (χ2v) is 6.33. The first-order valence-corrected chi connectivity index (χ1v) is 8.11. The van der Waals surface area contributed by atoms with Gasteiger partial charge in [-0.15, -0.1) is 0 Å². The van der Waals surface area contributed by atoms with Crippen molar-refractivity contribution in [3.8, 4) is 0 Å². The van der Waals surface area contributed by atoms with Crippen LogP contribution in [0, 0.1) is 0 Å². The summed E-state index contributed by atoms with van der Waals surface area (Å²) in [6.45, 7) is 4.91. The predicted molar refractivity (Wildman–Crippen MR) is 85.9 cm³/mol. The molecule has 1 amide bonds. The van der Waals surface area contributed by atoms with E-state index in [-0.39, 0.29) is 5.91 Å². The number of nitrogens with one attached hydrogen (secondary N) is 1. The normalized spacial score (nSPS) is 19.6. The minimum Gasteiger partial charge on any atom is -0.369 e. The molecule has 0 atom stereocenters. The summed E-state index contributed by atoms with van der Waals surface area (Å²) in [5.41, 5.74) is 1.23. The van der Waals surface area contributed by atoms with Crippen LogP contribution < -0.4 is 10.2 Å². The Hall–Kier alpha value is -1.26. The number of benzene rings is 1. The number of amides is 1. The van der Waals surface area contributed by atoms with E-state index in [1.54, 1.807) is 0 Å². The van der Waals surface area contributed by atoms with Crippen LogP contribution in [-0.2, 0) is 4.79 Å². The smallest absolute Gasteiger partial charge is 0.221 e. The molecule has 2 fully saturated rings. The van der Waals surface area contributed by atoms with Crippen LogP contribution in [0.4, 0.5) is 5.69 Å². The van der Waals surface area contributed by atoms with E-state index in [1.165, 1.54) is 5.69 Å². The maximum atomic E-state index is 11.7. The molecule has 0 aromatic heterocycles. The van der Waals surface area contributed by atoms with Gasteiger partial charge in [-0.2, -0.15) is 0 Å². The van der Waals surface area contributed by atoms with Crippen molar-refractivity contribution in [2.24, 2.45) is 0 Å². The van der Waals surface area contributed by atoms with Crippen LogP contribution in [0.1, 0.15) is 19.3 Å². The van der Waals surface area contributed by atoms with Gasteiger partial charge in [-0.25, -0.2) is 0 Å². The van der Waals surface area contributed by atoms with Gasteiger partial charge in [0.05, 0.1) is 0 Å². The van der Waals surface area contributed by atoms with Crippen LogP contribution in [0.15, 0.2) is 24.3 Å². The molecule has 0 spiro atoms. The molecule has 1 aromatic carbocycles. The molecular formula is C16H22ClN3O. The van der Waals surface area contributed by atoms with Crippen LogP contribution in [0.3, 0.4) is 0 Å². The molecule has 4 nitrogen and oxygen atoms in total. The number of anilines is 1. The van der Waals surface area contributed by atoms with E-state index in [0.29, 0.717) is 12.5 Å². The minimum absolute atomic E-state index is 0.206. The Morgan fingerprint density at radius 3 is 2.43 bits per heavy atom. The monoisotopic (exact) mass is 307 g/mol. The van der Waals surface area contributed by atoms with Crippen LogP contribution in [0.2, 0.25) is 5.02 Å². The Bertz CT molecular complexity index is 479. The zero-order valence-corrected chi connectivity index (χ0v) is 13.0. The zero-order chi connectivity index (χ0) is 14.7. The van der Waals surface area contributed by atoms with Crippen LogP contribution in [0.5, 0.6) is 0 Å².